The van der Waals surface area contributed by atoms with Gasteiger partial charge in [-0.15, -0.1) is 0 Å². The average molecular weight is 552 g/mol. The molecule has 0 atom stereocenters. The number of nitrogens with zero attached hydrogens (tertiary/aromatic N) is 1. The van der Waals surface area contributed by atoms with Crippen LogP contribution in [0.3, 0.4) is 0 Å². The molecule has 1 fully saturated rings. The number of benzene rings is 2. The van der Waals surface area contributed by atoms with Crippen molar-refractivity contribution in [2.45, 2.75) is 43.6 Å². The highest BCUT2D eigenvalue weighted by Gasteiger charge is 2.24. The number of aromatic nitrogens is 1. The number of sulfonamides is 1. The molecule has 2 aromatic carbocycles. The molecule has 39 heavy (non-hydrogen) atoms. The number of rotatable bonds is 11. The van der Waals surface area contributed by atoms with Crippen LogP contribution < -0.4 is 14.8 Å². The average Bonchev–Trinajstić information content (AvgIpc) is 2.91. The first-order valence-corrected chi connectivity index (χ1v) is 14.1. The summed E-state index contributed by atoms with van der Waals surface area (Å²) >= 11 is 0. The fourth-order valence-corrected chi connectivity index (χ4v) is 4.69. The van der Waals surface area contributed by atoms with Gasteiger partial charge < -0.3 is 14.8 Å². The fraction of sp³-hybridized carbons (Fsp3) is 0.286. The van der Waals surface area contributed by atoms with Gasteiger partial charge in [0.2, 0.25) is 0 Å². The Balaban J connectivity index is 1.27. The van der Waals surface area contributed by atoms with E-state index in [0.717, 1.165) is 31.0 Å². The van der Waals surface area contributed by atoms with Gasteiger partial charge in [-0.05, 0) is 86.7 Å². The molecule has 2 N–H and O–H groups in total. The molecule has 2 amide bonds. The Hall–Kier alpha value is -4.25. The molecule has 204 valence electrons. The zero-order valence-corrected chi connectivity index (χ0v) is 22.2. The first kappa shape index (κ1) is 27.8. The van der Waals surface area contributed by atoms with Crippen LogP contribution in [-0.2, 0) is 21.2 Å². The summed E-state index contributed by atoms with van der Waals surface area (Å²) in [5, 5.41) is 2.82. The van der Waals surface area contributed by atoms with Gasteiger partial charge in [-0.1, -0.05) is 12.1 Å². The van der Waals surface area contributed by atoms with Gasteiger partial charge in [0.05, 0.1) is 17.1 Å². The van der Waals surface area contributed by atoms with E-state index in [-0.39, 0.29) is 28.2 Å². The number of hydrogen-bond donors (Lipinski definition) is 2. The van der Waals surface area contributed by atoms with Crippen molar-refractivity contribution in [2.75, 3.05) is 13.2 Å². The molecule has 1 saturated carbocycles. The number of carbonyl (C=O) groups excluding carboxylic acids is 3. The zero-order valence-electron chi connectivity index (χ0n) is 21.4. The van der Waals surface area contributed by atoms with Crippen LogP contribution in [0.15, 0.2) is 71.8 Å². The van der Waals surface area contributed by atoms with Crippen LogP contribution in [0.1, 0.15) is 63.0 Å². The van der Waals surface area contributed by atoms with Crippen LogP contribution in [0.5, 0.6) is 5.75 Å². The first-order chi connectivity index (χ1) is 18.7. The highest BCUT2D eigenvalue weighted by Crippen LogP contribution is 2.23. The van der Waals surface area contributed by atoms with Gasteiger partial charge in [0.1, 0.15) is 17.5 Å². The maximum Gasteiger partial charge on any atom is 0.357 e. The van der Waals surface area contributed by atoms with Crippen molar-refractivity contribution >= 4 is 27.8 Å². The lowest BCUT2D eigenvalue weighted by atomic mass is 9.96. The molecule has 11 heteroatoms. The van der Waals surface area contributed by atoms with Crippen molar-refractivity contribution in [3.8, 4) is 5.75 Å². The Kier molecular flexibility index (Phi) is 8.92. The summed E-state index contributed by atoms with van der Waals surface area (Å²) in [5.74, 6) is -0.980. The van der Waals surface area contributed by atoms with Gasteiger partial charge in [-0.3, -0.25) is 9.59 Å². The quantitative estimate of drug-likeness (QED) is 0.346. The predicted octanol–water partition coefficient (Wildman–Crippen LogP) is 3.28. The van der Waals surface area contributed by atoms with Crippen molar-refractivity contribution in [2.24, 2.45) is 0 Å². The molecular weight excluding hydrogens is 522 g/mol. The SMILES string of the molecule is CCOc1ccc(C(=O)NCCc2ccc(S(=O)(=O)NC(=O)c3ccc(C(=O)OC4CCC4)nc3)cc2)cc1. The fourth-order valence-electron chi connectivity index (χ4n) is 3.72. The largest absolute Gasteiger partial charge is 0.494 e. The number of carbonyl (C=O) groups is 3. The van der Waals surface area contributed by atoms with E-state index >= 15 is 0 Å². The lowest BCUT2D eigenvalue weighted by Gasteiger charge is -2.24. The third kappa shape index (κ3) is 7.41. The number of ether oxygens (including phenoxy) is 2. The van der Waals surface area contributed by atoms with E-state index in [0.29, 0.717) is 30.9 Å². The number of nitrogens with one attached hydrogen (secondary N) is 2. The van der Waals surface area contributed by atoms with E-state index in [1.165, 1.54) is 24.3 Å². The van der Waals surface area contributed by atoms with Gasteiger partial charge in [0.25, 0.3) is 21.8 Å². The molecule has 1 aliphatic rings. The van der Waals surface area contributed by atoms with Crippen LogP contribution in [0.2, 0.25) is 0 Å². The number of esters is 1. The smallest absolute Gasteiger partial charge is 0.357 e. The minimum Gasteiger partial charge on any atom is -0.494 e. The Morgan fingerprint density at radius 1 is 0.923 bits per heavy atom. The van der Waals surface area contributed by atoms with Crippen LogP contribution in [-0.4, -0.2) is 50.4 Å². The van der Waals surface area contributed by atoms with Crippen molar-refractivity contribution in [3.05, 3.63) is 89.2 Å². The lowest BCUT2D eigenvalue weighted by Crippen LogP contribution is -2.31. The summed E-state index contributed by atoms with van der Waals surface area (Å²) < 4.78 is 38.0. The maximum atomic E-state index is 12.7. The summed E-state index contributed by atoms with van der Waals surface area (Å²) in [6.45, 7) is 2.78. The van der Waals surface area contributed by atoms with E-state index in [1.807, 2.05) is 11.6 Å². The summed E-state index contributed by atoms with van der Waals surface area (Å²) in [7, 11) is -4.14. The molecule has 3 aromatic rings. The molecule has 0 bridgehead atoms. The van der Waals surface area contributed by atoms with Crippen molar-refractivity contribution in [1.29, 1.82) is 0 Å². The maximum absolute atomic E-state index is 12.7. The number of hydrogen-bond acceptors (Lipinski definition) is 8. The van der Waals surface area contributed by atoms with Crippen molar-refractivity contribution in [1.82, 2.24) is 15.0 Å². The molecule has 0 aliphatic heterocycles. The van der Waals surface area contributed by atoms with Crippen LogP contribution in [0.25, 0.3) is 0 Å². The highest BCUT2D eigenvalue weighted by molar-refractivity contribution is 7.90. The van der Waals surface area contributed by atoms with E-state index in [4.69, 9.17) is 9.47 Å². The monoisotopic (exact) mass is 551 g/mol. The molecule has 0 spiro atoms. The minimum absolute atomic E-state index is 0.0151. The number of pyridine rings is 1. The second kappa shape index (κ2) is 12.5. The molecule has 10 nitrogen and oxygen atoms in total. The molecular formula is C28H29N3O7S. The van der Waals surface area contributed by atoms with Crippen LogP contribution >= 0.6 is 0 Å². The Morgan fingerprint density at radius 2 is 1.62 bits per heavy atom. The Morgan fingerprint density at radius 3 is 2.21 bits per heavy atom. The van der Waals surface area contributed by atoms with Gasteiger partial charge in [-0.2, -0.15) is 0 Å². The summed E-state index contributed by atoms with van der Waals surface area (Å²) in [6.07, 6.45) is 4.19. The molecule has 0 saturated heterocycles. The number of amides is 2. The molecule has 1 aromatic heterocycles. The van der Waals surface area contributed by atoms with E-state index < -0.39 is 21.9 Å². The third-order valence-corrected chi connectivity index (χ3v) is 7.50. The summed E-state index contributed by atoms with van der Waals surface area (Å²) in [5.41, 5.74) is 1.35. The highest BCUT2D eigenvalue weighted by atomic mass is 32.2. The lowest BCUT2D eigenvalue weighted by molar-refractivity contribution is 0.00833. The second-order valence-corrected chi connectivity index (χ2v) is 10.6. The van der Waals surface area contributed by atoms with Crippen LogP contribution in [0.4, 0.5) is 0 Å². The molecule has 1 heterocycles. The van der Waals surface area contributed by atoms with Crippen molar-refractivity contribution in [3.63, 3.8) is 0 Å². The zero-order chi connectivity index (χ0) is 27.8. The Bertz CT molecular complexity index is 1420. The molecule has 1 aliphatic carbocycles. The third-order valence-electron chi connectivity index (χ3n) is 6.15. The topological polar surface area (TPSA) is 141 Å². The second-order valence-electron chi connectivity index (χ2n) is 8.93. The van der Waals surface area contributed by atoms with Gasteiger partial charge in [-0.25, -0.2) is 22.9 Å². The molecule has 4 rings (SSSR count). The summed E-state index contributed by atoms with van der Waals surface area (Å²) in [6, 6.07) is 15.5. The Labute approximate surface area is 226 Å². The predicted molar refractivity (Wildman–Crippen MR) is 142 cm³/mol. The van der Waals surface area contributed by atoms with E-state index in [1.54, 1.807) is 36.4 Å². The van der Waals surface area contributed by atoms with Crippen LogP contribution in [0, 0.1) is 0 Å². The standard InChI is InChI=1S/C28H29N3O7S/c1-2-37-22-11-8-20(9-12-22)26(32)29-17-16-19-6-13-24(14-7-19)39(35,36)31-27(33)21-10-15-25(30-18-21)28(34)38-23-4-3-5-23/h6-15,18,23H,2-5,16-17H2,1H3,(H,29,32)(H,31,33). The summed E-state index contributed by atoms with van der Waals surface area (Å²) in [4.78, 5) is 40.7. The van der Waals surface area contributed by atoms with E-state index in [9.17, 15) is 22.8 Å². The van der Waals surface area contributed by atoms with Gasteiger partial charge in [0.15, 0.2) is 0 Å². The van der Waals surface area contributed by atoms with Crippen molar-refractivity contribution < 1.29 is 32.3 Å². The van der Waals surface area contributed by atoms with Gasteiger partial charge in [0, 0.05) is 18.3 Å². The first-order valence-electron chi connectivity index (χ1n) is 12.6. The molecule has 0 radical (unpaired) electrons. The normalized spacial score (nSPS) is 13.2. The molecule has 0 unspecified atom stereocenters. The van der Waals surface area contributed by atoms with E-state index in [2.05, 4.69) is 10.3 Å². The minimum atomic E-state index is -4.14. The van der Waals surface area contributed by atoms with Gasteiger partial charge >= 0.3 is 5.97 Å².